The SMILES string of the molecule is CSCC[C@H](NC(=O)[C@H](CC(C)C)NC(=O)CNC(=O)[C@H](Cc1ccccc1)NC(=O)[C@@H](Cc1ccccc1)NC(=O)[C@@H](CCC(N)=O)NC(=O)[C@@H](CCC(N)=O)NC(=O)[C@@H]1CCCN1C(=O)[C@@H](CCCCN)NC(=O)[C@@H]1CCCN1C(=O)[C@H](N)CCCN=C(N)N)C(N)=O. The Morgan fingerprint density at radius 2 is 1.01 bits per heavy atom. The third kappa shape index (κ3) is 27.5. The molecular formula is C63H98N18O13S. The van der Waals surface area contributed by atoms with E-state index in [2.05, 4.69) is 47.5 Å². The molecular weight excluding hydrogens is 1250 g/mol. The largest absolute Gasteiger partial charge is 0.370 e. The van der Waals surface area contributed by atoms with Crippen molar-refractivity contribution in [3.8, 4) is 0 Å². The van der Waals surface area contributed by atoms with Crippen LogP contribution in [-0.2, 0) is 75.2 Å². The van der Waals surface area contributed by atoms with Crippen molar-refractivity contribution >= 4 is 94.5 Å². The highest BCUT2D eigenvalue weighted by molar-refractivity contribution is 7.98. The lowest BCUT2D eigenvalue weighted by Gasteiger charge is -2.32. The number of hydrogen-bond donors (Lipinski definition) is 15. The molecule has 2 aromatic carbocycles. The zero-order valence-electron chi connectivity index (χ0n) is 54.5. The molecule has 2 aliphatic rings. The van der Waals surface area contributed by atoms with E-state index in [1.807, 2.05) is 20.1 Å². The van der Waals surface area contributed by atoms with Crippen molar-refractivity contribution in [2.24, 2.45) is 51.0 Å². The summed E-state index contributed by atoms with van der Waals surface area (Å²) >= 11 is 1.45. The Balaban J connectivity index is 1.56. The standard InChI is InChI=1S/C63H98N18O13S/c1-37(2)33-45(57(89)74-41(53(68)85)27-32-95-3)73-52(84)36-72-54(86)46(34-38-15-6-4-7-16-38)78-58(90)47(35-39-17-8-5-9-18-39)79-56(88)42(23-25-50(66)82)75-55(87)43(24-26-51(67)83)76-59(91)49-22-14-31-81(49)62(94)44(20-10-11-28-64)77-60(92)48-21-13-30-80(48)61(93)40(65)19-12-29-71-63(69)70/h4-9,15-18,37,40-49H,10-14,19-36,64-65H2,1-3H3,(H2,66,82)(H2,67,83)(H2,68,85)(H,72,86)(H,73,84)(H,74,89)(H,75,87)(H,76,91)(H,77,92)(H,78,90)(H,79,88)(H4,69,70,71)/t40-,41+,42-,43-,44-,45+,46+,47-,48+,49+/m1/s1. The van der Waals surface area contributed by atoms with Crippen LogP contribution in [0.2, 0.25) is 0 Å². The first-order valence-electron chi connectivity index (χ1n) is 32.2. The first kappa shape index (κ1) is 78.5. The fourth-order valence-corrected chi connectivity index (χ4v) is 11.5. The molecule has 95 heavy (non-hydrogen) atoms. The maximum absolute atomic E-state index is 14.7. The Morgan fingerprint density at radius 1 is 0.537 bits per heavy atom. The molecule has 2 fully saturated rings. The molecule has 0 bridgehead atoms. The number of aliphatic imine (C=N–C) groups is 1. The van der Waals surface area contributed by atoms with Crippen LogP contribution >= 0.6 is 11.8 Å². The van der Waals surface area contributed by atoms with E-state index in [0.29, 0.717) is 55.4 Å². The molecule has 2 aliphatic heterocycles. The van der Waals surface area contributed by atoms with E-state index in [1.165, 1.54) is 21.6 Å². The molecule has 32 heteroatoms. The number of carbonyl (C=O) groups is 13. The molecule has 2 aromatic rings. The number of thioether (sulfide) groups is 1. The van der Waals surface area contributed by atoms with Crippen molar-refractivity contribution < 1.29 is 62.3 Å². The van der Waals surface area contributed by atoms with Crippen molar-refractivity contribution in [1.82, 2.24) is 52.3 Å². The normalized spacial score (nSPS) is 16.8. The number of likely N-dealkylation sites (tertiary alicyclic amines) is 2. The summed E-state index contributed by atoms with van der Waals surface area (Å²) in [6.45, 7) is 3.86. The molecule has 0 aromatic heterocycles. The van der Waals surface area contributed by atoms with Gasteiger partial charge in [0, 0.05) is 45.3 Å². The number of rotatable bonds is 42. The van der Waals surface area contributed by atoms with E-state index in [-0.39, 0.29) is 83.0 Å². The molecule has 10 atom stereocenters. The molecule has 31 nitrogen and oxygen atoms in total. The van der Waals surface area contributed by atoms with E-state index in [4.69, 9.17) is 40.1 Å². The summed E-state index contributed by atoms with van der Waals surface area (Å²) in [5.74, 6) is -9.80. The van der Waals surface area contributed by atoms with E-state index >= 15 is 0 Å². The van der Waals surface area contributed by atoms with Crippen molar-refractivity contribution in [3.63, 3.8) is 0 Å². The molecule has 0 unspecified atom stereocenters. The van der Waals surface area contributed by atoms with E-state index in [9.17, 15) is 62.3 Å². The van der Waals surface area contributed by atoms with Gasteiger partial charge in [-0.25, -0.2) is 0 Å². The lowest BCUT2D eigenvalue weighted by atomic mass is 10.0. The summed E-state index contributed by atoms with van der Waals surface area (Å²) in [5.41, 5.74) is 40.6. The van der Waals surface area contributed by atoms with Gasteiger partial charge in [-0.05, 0) is 119 Å². The Morgan fingerprint density at radius 3 is 1.51 bits per heavy atom. The van der Waals surface area contributed by atoms with Gasteiger partial charge in [0.2, 0.25) is 76.8 Å². The quantitative estimate of drug-likeness (QED) is 0.0173. The molecule has 13 amide bonds. The van der Waals surface area contributed by atoms with Crippen LogP contribution in [0.15, 0.2) is 65.7 Å². The number of carbonyl (C=O) groups excluding carboxylic acids is 13. The molecule has 2 heterocycles. The first-order valence-corrected chi connectivity index (χ1v) is 33.6. The predicted molar refractivity (Wildman–Crippen MR) is 356 cm³/mol. The molecule has 4 rings (SSSR count). The van der Waals surface area contributed by atoms with Crippen molar-refractivity contribution in [1.29, 1.82) is 0 Å². The zero-order valence-corrected chi connectivity index (χ0v) is 55.3. The molecule has 0 saturated carbocycles. The van der Waals surface area contributed by atoms with Crippen LogP contribution in [0, 0.1) is 5.92 Å². The minimum absolute atomic E-state index is 0.0736. The second-order valence-corrected chi connectivity index (χ2v) is 25.1. The fraction of sp³-hybridized carbons (Fsp3) is 0.587. The van der Waals surface area contributed by atoms with E-state index in [0.717, 1.165) is 0 Å². The Kier molecular flexibility index (Phi) is 33.9. The van der Waals surface area contributed by atoms with Crippen LogP contribution < -0.4 is 82.7 Å². The maximum atomic E-state index is 14.7. The highest BCUT2D eigenvalue weighted by Gasteiger charge is 2.42. The van der Waals surface area contributed by atoms with Crippen LogP contribution in [0.25, 0.3) is 0 Å². The van der Waals surface area contributed by atoms with Crippen molar-refractivity contribution in [3.05, 3.63) is 71.8 Å². The number of benzene rings is 2. The third-order valence-corrected chi connectivity index (χ3v) is 16.7. The third-order valence-electron chi connectivity index (χ3n) is 16.0. The molecule has 0 spiro atoms. The number of unbranched alkanes of at least 4 members (excludes halogenated alkanes) is 1. The van der Waals surface area contributed by atoms with Crippen LogP contribution in [-0.4, -0.2) is 198 Å². The van der Waals surface area contributed by atoms with Gasteiger partial charge in [0.1, 0.15) is 54.4 Å². The number of amides is 13. The van der Waals surface area contributed by atoms with Gasteiger partial charge in [0.25, 0.3) is 0 Å². The van der Waals surface area contributed by atoms with Crippen LogP contribution in [0.5, 0.6) is 0 Å². The molecule has 0 radical (unpaired) electrons. The smallest absolute Gasteiger partial charge is 0.245 e. The van der Waals surface area contributed by atoms with Gasteiger partial charge < -0.3 is 92.5 Å². The van der Waals surface area contributed by atoms with Crippen LogP contribution in [0.4, 0.5) is 0 Å². The van der Waals surface area contributed by atoms with Gasteiger partial charge in [-0.2, -0.15) is 11.8 Å². The number of hydrogen-bond acceptors (Lipinski definition) is 17. The average molecular weight is 1350 g/mol. The van der Waals surface area contributed by atoms with Gasteiger partial charge in [0.15, 0.2) is 5.96 Å². The van der Waals surface area contributed by atoms with Gasteiger partial charge in [-0.1, -0.05) is 74.5 Å². The van der Waals surface area contributed by atoms with Gasteiger partial charge >= 0.3 is 0 Å². The summed E-state index contributed by atoms with van der Waals surface area (Å²) in [4.78, 5) is 185. The Bertz CT molecular complexity index is 2960. The number of guanidine groups is 1. The summed E-state index contributed by atoms with van der Waals surface area (Å²) in [5, 5.41) is 21.1. The lowest BCUT2D eigenvalue weighted by molar-refractivity contribution is -0.144. The monoisotopic (exact) mass is 1350 g/mol. The fourth-order valence-electron chi connectivity index (χ4n) is 11.0. The summed E-state index contributed by atoms with van der Waals surface area (Å²) < 4.78 is 0. The van der Waals surface area contributed by atoms with Crippen molar-refractivity contribution in [2.45, 2.75) is 183 Å². The molecule has 22 N–H and O–H groups in total. The predicted octanol–water partition coefficient (Wildman–Crippen LogP) is -3.71. The Labute approximate surface area is 558 Å². The molecule has 2 saturated heterocycles. The number of nitrogens with zero attached hydrogens (tertiary/aromatic N) is 3. The lowest BCUT2D eigenvalue weighted by Crippen LogP contribution is -2.60. The highest BCUT2D eigenvalue weighted by atomic mass is 32.2. The average Bonchev–Trinajstić information content (AvgIpc) is 1.74. The minimum atomic E-state index is -1.64. The number of nitrogens with one attached hydrogen (secondary N) is 8. The van der Waals surface area contributed by atoms with E-state index < -0.39 is 169 Å². The second-order valence-electron chi connectivity index (χ2n) is 24.1. The van der Waals surface area contributed by atoms with Gasteiger partial charge in [-0.15, -0.1) is 0 Å². The van der Waals surface area contributed by atoms with Crippen molar-refractivity contribution in [2.75, 3.05) is 44.7 Å². The second kappa shape index (κ2) is 41.0. The van der Waals surface area contributed by atoms with Crippen LogP contribution in [0.3, 0.4) is 0 Å². The number of primary amides is 3. The zero-order chi connectivity index (χ0) is 70.1. The maximum Gasteiger partial charge on any atom is 0.245 e. The first-order chi connectivity index (χ1) is 45.2. The highest BCUT2D eigenvalue weighted by Crippen LogP contribution is 2.24. The summed E-state index contributed by atoms with van der Waals surface area (Å²) in [6, 6.07) is 4.51. The van der Waals surface area contributed by atoms with Gasteiger partial charge in [0.05, 0.1) is 12.6 Å². The van der Waals surface area contributed by atoms with Crippen LogP contribution in [0.1, 0.15) is 121 Å². The van der Waals surface area contributed by atoms with Gasteiger partial charge in [-0.3, -0.25) is 67.3 Å². The molecule has 524 valence electrons. The topological polar surface area (TPSA) is 519 Å². The summed E-state index contributed by atoms with van der Waals surface area (Å²) in [7, 11) is 0. The minimum Gasteiger partial charge on any atom is -0.370 e. The Hall–Kier alpha value is -8.91. The number of nitrogens with two attached hydrogens (primary N) is 7. The van der Waals surface area contributed by atoms with E-state index in [1.54, 1.807) is 60.7 Å². The summed E-state index contributed by atoms with van der Waals surface area (Å²) in [6.07, 6.45) is 3.12. The molecule has 0 aliphatic carbocycles.